The molecule has 0 unspecified atom stereocenters. The molecule has 3 atom stereocenters. The van der Waals surface area contributed by atoms with Crippen molar-refractivity contribution in [3.8, 4) is 0 Å². The first-order valence-electron chi connectivity index (χ1n) is 6.80. The van der Waals surface area contributed by atoms with Crippen LogP contribution in [0, 0.1) is 11.7 Å². The molecule has 0 spiro atoms. The number of carboxylic acid groups (broad SMARTS) is 1. The van der Waals surface area contributed by atoms with Crippen molar-refractivity contribution in [3.05, 3.63) is 64.9 Å². The van der Waals surface area contributed by atoms with Crippen molar-refractivity contribution in [1.82, 2.24) is 0 Å². The SMILES string of the molecule is O=C(O)[C@@H]1[C@@H](c2cccc(F)c2)[C@H]1S(=O)(=O)c1ccc(Cl)cc1. The van der Waals surface area contributed by atoms with Gasteiger partial charge < -0.3 is 5.11 Å². The van der Waals surface area contributed by atoms with Gasteiger partial charge in [-0.05, 0) is 42.0 Å². The zero-order valence-electron chi connectivity index (χ0n) is 11.7. The number of halogens is 2. The third-order valence-corrected chi connectivity index (χ3v) is 6.46. The maximum absolute atomic E-state index is 13.4. The summed E-state index contributed by atoms with van der Waals surface area (Å²) >= 11 is 5.75. The molecule has 0 bridgehead atoms. The van der Waals surface area contributed by atoms with E-state index < -0.39 is 38.7 Å². The Morgan fingerprint density at radius 2 is 1.78 bits per heavy atom. The highest BCUT2D eigenvalue weighted by atomic mass is 35.5. The molecule has 3 rings (SSSR count). The van der Waals surface area contributed by atoms with Crippen LogP contribution in [0.15, 0.2) is 53.4 Å². The fourth-order valence-corrected chi connectivity index (χ4v) is 5.10. The van der Waals surface area contributed by atoms with E-state index in [9.17, 15) is 22.7 Å². The quantitative estimate of drug-likeness (QED) is 0.915. The van der Waals surface area contributed by atoms with Crippen molar-refractivity contribution in [2.45, 2.75) is 16.1 Å². The fourth-order valence-electron chi connectivity index (χ4n) is 2.86. The van der Waals surface area contributed by atoms with E-state index in [0.29, 0.717) is 10.6 Å². The summed E-state index contributed by atoms with van der Waals surface area (Å²) in [4.78, 5) is 11.4. The molecule has 1 aliphatic rings. The molecule has 1 aliphatic carbocycles. The highest BCUT2D eigenvalue weighted by molar-refractivity contribution is 7.92. The lowest BCUT2D eigenvalue weighted by atomic mass is 10.1. The lowest BCUT2D eigenvalue weighted by Gasteiger charge is -2.04. The van der Waals surface area contributed by atoms with Crippen LogP contribution in [-0.4, -0.2) is 24.7 Å². The Labute approximate surface area is 137 Å². The van der Waals surface area contributed by atoms with E-state index >= 15 is 0 Å². The van der Waals surface area contributed by atoms with Crippen molar-refractivity contribution in [3.63, 3.8) is 0 Å². The van der Waals surface area contributed by atoms with Crippen LogP contribution in [0.2, 0.25) is 5.02 Å². The Balaban J connectivity index is 2.00. The molecule has 1 saturated carbocycles. The zero-order chi connectivity index (χ0) is 16.8. The topological polar surface area (TPSA) is 71.4 Å². The van der Waals surface area contributed by atoms with E-state index in [0.717, 1.165) is 0 Å². The molecule has 1 fully saturated rings. The van der Waals surface area contributed by atoms with Crippen LogP contribution in [0.1, 0.15) is 11.5 Å². The summed E-state index contributed by atoms with van der Waals surface area (Å²) in [6, 6.07) is 10.9. The van der Waals surface area contributed by atoms with E-state index in [1.807, 2.05) is 0 Å². The summed E-state index contributed by atoms with van der Waals surface area (Å²) in [6.07, 6.45) is 0. The average molecular weight is 355 g/mol. The normalized spacial score (nSPS) is 23.5. The molecular formula is C16H12ClFO4S. The van der Waals surface area contributed by atoms with Gasteiger partial charge in [-0.25, -0.2) is 12.8 Å². The van der Waals surface area contributed by atoms with Crippen LogP contribution in [-0.2, 0) is 14.6 Å². The van der Waals surface area contributed by atoms with Gasteiger partial charge in [-0.3, -0.25) is 4.79 Å². The third-order valence-electron chi connectivity index (χ3n) is 3.97. The van der Waals surface area contributed by atoms with E-state index in [4.69, 9.17) is 11.6 Å². The fraction of sp³-hybridized carbons (Fsp3) is 0.188. The molecule has 7 heteroatoms. The van der Waals surface area contributed by atoms with Crippen molar-refractivity contribution in [1.29, 1.82) is 0 Å². The summed E-state index contributed by atoms with van der Waals surface area (Å²) in [6.45, 7) is 0. The van der Waals surface area contributed by atoms with Gasteiger partial charge in [0, 0.05) is 10.9 Å². The van der Waals surface area contributed by atoms with Crippen LogP contribution in [0.3, 0.4) is 0 Å². The molecule has 2 aromatic rings. The molecule has 0 aromatic heterocycles. The summed E-state index contributed by atoms with van der Waals surface area (Å²) in [5, 5.41) is 8.58. The number of benzene rings is 2. The van der Waals surface area contributed by atoms with Gasteiger partial charge in [0.25, 0.3) is 0 Å². The molecule has 4 nitrogen and oxygen atoms in total. The molecular weight excluding hydrogens is 343 g/mol. The number of rotatable bonds is 4. The van der Waals surface area contributed by atoms with E-state index in [2.05, 4.69) is 0 Å². The van der Waals surface area contributed by atoms with Crippen LogP contribution in [0.5, 0.6) is 0 Å². The lowest BCUT2D eigenvalue weighted by Crippen LogP contribution is -2.13. The monoisotopic (exact) mass is 354 g/mol. The van der Waals surface area contributed by atoms with Gasteiger partial charge in [0.1, 0.15) is 5.82 Å². The number of hydrogen-bond donors (Lipinski definition) is 1. The minimum Gasteiger partial charge on any atom is -0.481 e. The van der Waals surface area contributed by atoms with Gasteiger partial charge in [-0.2, -0.15) is 0 Å². The zero-order valence-corrected chi connectivity index (χ0v) is 13.3. The average Bonchev–Trinajstić information content (AvgIpc) is 3.24. The molecule has 0 heterocycles. The number of hydrogen-bond acceptors (Lipinski definition) is 3. The second-order valence-corrected chi connectivity index (χ2v) is 7.95. The molecule has 0 aliphatic heterocycles. The Kier molecular flexibility index (Phi) is 3.90. The Hall–Kier alpha value is -1.92. The summed E-state index contributed by atoms with van der Waals surface area (Å²) in [5.41, 5.74) is 0.375. The predicted molar refractivity (Wildman–Crippen MR) is 82.7 cm³/mol. The summed E-state index contributed by atoms with van der Waals surface area (Å²) in [7, 11) is -3.85. The second-order valence-electron chi connectivity index (χ2n) is 5.41. The highest BCUT2D eigenvalue weighted by Crippen LogP contribution is 2.54. The minimum absolute atomic E-state index is 0.0112. The molecule has 0 radical (unpaired) electrons. The Bertz CT molecular complexity index is 864. The maximum atomic E-state index is 13.4. The summed E-state index contributed by atoms with van der Waals surface area (Å²) in [5.74, 6) is -3.58. The largest absolute Gasteiger partial charge is 0.481 e. The van der Waals surface area contributed by atoms with Gasteiger partial charge in [-0.1, -0.05) is 23.7 Å². The first kappa shape index (κ1) is 16.0. The number of aliphatic carboxylic acids is 1. The van der Waals surface area contributed by atoms with Gasteiger partial charge in [0.05, 0.1) is 16.1 Å². The van der Waals surface area contributed by atoms with Crippen LogP contribution >= 0.6 is 11.6 Å². The first-order chi connectivity index (χ1) is 10.8. The van der Waals surface area contributed by atoms with Gasteiger partial charge in [-0.15, -0.1) is 0 Å². The van der Waals surface area contributed by atoms with Gasteiger partial charge in [0.2, 0.25) is 0 Å². The van der Waals surface area contributed by atoms with Crippen LogP contribution < -0.4 is 0 Å². The smallest absolute Gasteiger partial charge is 0.308 e. The lowest BCUT2D eigenvalue weighted by molar-refractivity contribution is -0.138. The standard InChI is InChI=1S/C16H12ClFO4S/c17-10-4-6-12(7-5-10)23(21,22)15-13(14(15)16(19)20)9-2-1-3-11(18)8-9/h1-8,13-15H,(H,19,20)/t13-,14-,15-/m1/s1. The van der Waals surface area contributed by atoms with E-state index in [-0.39, 0.29) is 4.90 Å². The van der Waals surface area contributed by atoms with Gasteiger partial charge >= 0.3 is 5.97 Å². The Morgan fingerprint density at radius 1 is 1.13 bits per heavy atom. The number of carboxylic acids is 1. The summed E-state index contributed by atoms with van der Waals surface area (Å²) < 4.78 is 38.7. The highest BCUT2D eigenvalue weighted by Gasteiger charge is 2.63. The molecule has 23 heavy (non-hydrogen) atoms. The maximum Gasteiger partial charge on any atom is 0.308 e. The molecule has 1 N–H and O–H groups in total. The van der Waals surface area contributed by atoms with Crippen molar-refractivity contribution < 1.29 is 22.7 Å². The molecule has 120 valence electrons. The van der Waals surface area contributed by atoms with Crippen molar-refractivity contribution in [2.24, 2.45) is 5.92 Å². The Morgan fingerprint density at radius 3 is 2.35 bits per heavy atom. The molecule has 0 amide bonds. The number of sulfone groups is 1. The minimum atomic E-state index is -3.85. The van der Waals surface area contributed by atoms with E-state index in [1.165, 1.54) is 42.5 Å². The molecule has 2 aromatic carbocycles. The van der Waals surface area contributed by atoms with Crippen LogP contribution in [0.25, 0.3) is 0 Å². The first-order valence-corrected chi connectivity index (χ1v) is 8.72. The van der Waals surface area contributed by atoms with E-state index in [1.54, 1.807) is 6.07 Å². The molecule has 0 saturated heterocycles. The van der Waals surface area contributed by atoms with Crippen LogP contribution in [0.4, 0.5) is 4.39 Å². The second kappa shape index (κ2) is 5.62. The number of carbonyl (C=O) groups is 1. The van der Waals surface area contributed by atoms with Gasteiger partial charge in [0.15, 0.2) is 9.84 Å². The van der Waals surface area contributed by atoms with Crippen molar-refractivity contribution >= 4 is 27.4 Å². The predicted octanol–water partition coefficient (Wildman–Crippen LogP) is 3.12. The third kappa shape index (κ3) is 2.84. The van der Waals surface area contributed by atoms with Crippen molar-refractivity contribution in [2.75, 3.05) is 0 Å².